The van der Waals surface area contributed by atoms with Gasteiger partial charge in [0.05, 0.1) is 12.0 Å². The molecule has 1 aliphatic heterocycles. The molecule has 1 heterocycles. The summed E-state index contributed by atoms with van der Waals surface area (Å²) in [7, 11) is 0. The number of Topliss-reactive ketones (excluding diaryl/α,β-unsaturated/α-hetero) is 1. The van der Waals surface area contributed by atoms with E-state index in [-0.39, 0.29) is 11.9 Å². The summed E-state index contributed by atoms with van der Waals surface area (Å²) in [4.78, 5) is 12.1. The van der Waals surface area contributed by atoms with Crippen molar-refractivity contribution in [1.82, 2.24) is 0 Å². The highest BCUT2D eigenvalue weighted by Gasteiger charge is 2.26. The first kappa shape index (κ1) is 11.0. The summed E-state index contributed by atoms with van der Waals surface area (Å²) in [6.07, 6.45) is 0.257. The van der Waals surface area contributed by atoms with Gasteiger partial charge in [0.2, 0.25) is 0 Å². The number of rotatable bonds is 1. The van der Waals surface area contributed by atoms with Crippen molar-refractivity contribution in [2.75, 3.05) is 0 Å². The zero-order valence-electron chi connectivity index (χ0n) is 10.2. The van der Waals surface area contributed by atoms with Crippen molar-refractivity contribution in [3.8, 4) is 5.75 Å². The molecular formula is C16H14O2. The minimum Gasteiger partial charge on any atom is -0.484 e. The predicted molar refractivity (Wildman–Crippen MR) is 69.9 cm³/mol. The number of hydrogen-bond acceptors (Lipinski definition) is 2. The normalized spacial score (nSPS) is 18.1. The van der Waals surface area contributed by atoms with Crippen LogP contribution in [0, 0.1) is 6.92 Å². The molecule has 90 valence electrons. The van der Waals surface area contributed by atoms with Crippen molar-refractivity contribution in [3.63, 3.8) is 0 Å². The second kappa shape index (κ2) is 4.30. The number of carbonyl (C=O) groups excluding carboxylic acids is 1. The van der Waals surface area contributed by atoms with Crippen molar-refractivity contribution < 1.29 is 9.53 Å². The van der Waals surface area contributed by atoms with Crippen LogP contribution in [0.1, 0.15) is 34.0 Å². The van der Waals surface area contributed by atoms with E-state index in [9.17, 15) is 4.79 Å². The molecule has 0 N–H and O–H groups in total. The molecule has 2 aromatic rings. The standard InChI is InChI=1S/C16H14O2/c1-11-6-8-12(9-7-11)16-10-14(17)13-4-2-3-5-15(13)18-16/h2-9,16H,10H2,1H3/t16-/m0/s1. The number of para-hydroxylation sites is 1. The third-order valence-corrected chi connectivity index (χ3v) is 3.28. The van der Waals surface area contributed by atoms with E-state index in [1.165, 1.54) is 5.56 Å². The molecule has 18 heavy (non-hydrogen) atoms. The van der Waals surface area contributed by atoms with Crippen LogP contribution in [0.2, 0.25) is 0 Å². The van der Waals surface area contributed by atoms with E-state index >= 15 is 0 Å². The van der Waals surface area contributed by atoms with E-state index in [4.69, 9.17) is 4.74 Å². The monoisotopic (exact) mass is 238 g/mol. The Balaban J connectivity index is 1.94. The van der Waals surface area contributed by atoms with Crippen molar-refractivity contribution in [1.29, 1.82) is 0 Å². The van der Waals surface area contributed by atoms with Gasteiger partial charge in [-0.25, -0.2) is 0 Å². The molecule has 0 aliphatic carbocycles. The fourth-order valence-corrected chi connectivity index (χ4v) is 2.24. The topological polar surface area (TPSA) is 26.3 Å². The second-order valence-electron chi connectivity index (χ2n) is 4.64. The van der Waals surface area contributed by atoms with Crippen molar-refractivity contribution in [2.24, 2.45) is 0 Å². The van der Waals surface area contributed by atoms with Crippen molar-refractivity contribution >= 4 is 5.78 Å². The van der Waals surface area contributed by atoms with Crippen LogP contribution in [-0.2, 0) is 0 Å². The number of aryl methyl sites for hydroxylation is 1. The highest BCUT2D eigenvalue weighted by atomic mass is 16.5. The summed E-state index contributed by atoms with van der Waals surface area (Å²) in [5, 5.41) is 0. The molecule has 2 heteroatoms. The van der Waals surface area contributed by atoms with Gasteiger partial charge < -0.3 is 4.74 Å². The minimum atomic E-state index is -0.159. The molecule has 0 spiro atoms. The third-order valence-electron chi connectivity index (χ3n) is 3.28. The van der Waals surface area contributed by atoms with Crippen molar-refractivity contribution in [3.05, 3.63) is 65.2 Å². The van der Waals surface area contributed by atoms with Gasteiger partial charge in [0.15, 0.2) is 5.78 Å². The van der Waals surface area contributed by atoms with Crippen LogP contribution >= 0.6 is 0 Å². The average Bonchev–Trinajstić information content (AvgIpc) is 2.39. The molecule has 2 aromatic carbocycles. The molecule has 0 amide bonds. The summed E-state index contributed by atoms with van der Waals surface area (Å²) in [5.41, 5.74) is 2.96. The number of benzene rings is 2. The number of hydrogen-bond donors (Lipinski definition) is 0. The lowest BCUT2D eigenvalue weighted by Gasteiger charge is -2.25. The lowest BCUT2D eigenvalue weighted by atomic mass is 9.96. The van der Waals surface area contributed by atoms with E-state index in [0.29, 0.717) is 17.7 Å². The molecule has 0 unspecified atom stereocenters. The summed E-state index contributed by atoms with van der Waals surface area (Å²) >= 11 is 0. The van der Waals surface area contributed by atoms with Gasteiger partial charge in [-0.3, -0.25) is 4.79 Å². The minimum absolute atomic E-state index is 0.155. The maximum absolute atomic E-state index is 12.1. The van der Waals surface area contributed by atoms with Crippen LogP contribution in [0.15, 0.2) is 48.5 Å². The molecule has 1 atom stereocenters. The Morgan fingerprint density at radius 1 is 1.06 bits per heavy atom. The molecular weight excluding hydrogens is 224 g/mol. The molecule has 0 saturated carbocycles. The third kappa shape index (κ3) is 1.90. The summed E-state index contributed by atoms with van der Waals surface area (Å²) in [6, 6.07) is 15.6. The van der Waals surface area contributed by atoms with Gasteiger partial charge >= 0.3 is 0 Å². The number of fused-ring (bicyclic) bond motifs is 1. The van der Waals surface area contributed by atoms with Gasteiger partial charge in [0.25, 0.3) is 0 Å². The summed E-state index contributed by atoms with van der Waals surface area (Å²) in [6.45, 7) is 2.05. The van der Waals surface area contributed by atoms with Gasteiger partial charge in [-0.2, -0.15) is 0 Å². The predicted octanol–water partition coefficient (Wildman–Crippen LogP) is 3.70. The van der Waals surface area contributed by atoms with Crippen LogP contribution < -0.4 is 4.74 Å². The molecule has 3 rings (SSSR count). The highest BCUT2D eigenvalue weighted by Crippen LogP contribution is 2.34. The lowest BCUT2D eigenvalue weighted by molar-refractivity contribution is 0.0850. The molecule has 2 nitrogen and oxygen atoms in total. The zero-order chi connectivity index (χ0) is 12.5. The first-order valence-electron chi connectivity index (χ1n) is 6.09. The molecule has 0 saturated heterocycles. The first-order chi connectivity index (χ1) is 8.74. The Labute approximate surface area is 106 Å². The molecule has 0 fully saturated rings. The van der Waals surface area contributed by atoms with Crippen LogP contribution in [0.5, 0.6) is 5.75 Å². The Kier molecular flexibility index (Phi) is 2.63. The van der Waals surface area contributed by atoms with Gasteiger partial charge in [-0.15, -0.1) is 0 Å². The van der Waals surface area contributed by atoms with Gasteiger partial charge in [0, 0.05) is 0 Å². The van der Waals surface area contributed by atoms with E-state index in [1.807, 2.05) is 55.5 Å². The number of carbonyl (C=O) groups is 1. The highest BCUT2D eigenvalue weighted by molar-refractivity contribution is 5.99. The Hall–Kier alpha value is -2.09. The Bertz CT molecular complexity index is 584. The molecule has 1 aliphatic rings. The molecule has 0 bridgehead atoms. The quantitative estimate of drug-likeness (QED) is 0.757. The smallest absolute Gasteiger partial charge is 0.170 e. The maximum Gasteiger partial charge on any atom is 0.170 e. The summed E-state index contributed by atoms with van der Waals surface area (Å²) in [5.74, 6) is 0.849. The fraction of sp³-hybridized carbons (Fsp3) is 0.188. The largest absolute Gasteiger partial charge is 0.484 e. The van der Waals surface area contributed by atoms with E-state index in [2.05, 4.69) is 0 Å². The SMILES string of the molecule is Cc1ccc([C@@H]2CC(=O)c3ccccc3O2)cc1. The number of ketones is 1. The van der Waals surface area contributed by atoms with Crippen LogP contribution in [0.25, 0.3) is 0 Å². The fourth-order valence-electron chi connectivity index (χ4n) is 2.24. The van der Waals surface area contributed by atoms with Crippen LogP contribution in [0.4, 0.5) is 0 Å². The van der Waals surface area contributed by atoms with E-state index < -0.39 is 0 Å². The Morgan fingerprint density at radius 2 is 1.78 bits per heavy atom. The average molecular weight is 238 g/mol. The second-order valence-corrected chi connectivity index (χ2v) is 4.64. The van der Waals surface area contributed by atoms with Gasteiger partial charge in [0.1, 0.15) is 11.9 Å². The van der Waals surface area contributed by atoms with Crippen LogP contribution in [-0.4, -0.2) is 5.78 Å². The lowest BCUT2D eigenvalue weighted by Crippen LogP contribution is -2.20. The van der Waals surface area contributed by atoms with E-state index in [0.717, 1.165) is 5.56 Å². The first-order valence-corrected chi connectivity index (χ1v) is 6.09. The van der Waals surface area contributed by atoms with Crippen LogP contribution in [0.3, 0.4) is 0 Å². The van der Waals surface area contributed by atoms with Crippen molar-refractivity contribution in [2.45, 2.75) is 19.4 Å². The summed E-state index contributed by atoms with van der Waals surface area (Å²) < 4.78 is 5.91. The molecule has 0 radical (unpaired) electrons. The Morgan fingerprint density at radius 3 is 2.56 bits per heavy atom. The van der Waals surface area contributed by atoms with E-state index in [1.54, 1.807) is 0 Å². The van der Waals surface area contributed by atoms with Gasteiger partial charge in [-0.05, 0) is 24.6 Å². The zero-order valence-corrected chi connectivity index (χ0v) is 10.2. The number of ether oxygens (including phenoxy) is 1. The molecule has 0 aromatic heterocycles. The maximum atomic E-state index is 12.1. The van der Waals surface area contributed by atoms with Gasteiger partial charge in [-0.1, -0.05) is 42.0 Å².